The number of aryl methyl sites for hydroxylation is 1. The van der Waals surface area contributed by atoms with Gasteiger partial charge in [-0.3, -0.25) is 14.4 Å². The van der Waals surface area contributed by atoms with Crippen LogP contribution in [0.15, 0.2) is 48.8 Å². The maximum Gasteiger partial charge on any atom is 0.357 e. The molecule has 0 spiro atoms. The van der Waals surface area contributed by atoms with E-state index in [1.54, 1.807) is 43.0 Å². The molecule has 5 rings (SSSR count). The van der Waals surface area contributed by atoms with E-state index in [9.17, 15) is 19.2 Å². The predicted octanol–water partition coefficient (Wildman–Crippen LogP) is 2.54. The second kappa shape index (κ2) is 10.5. The van der Waals surface area contributed by atoms with Gasteiger partial charge in [0.25, 0.3) is 17.6 Å². The number of esters is 1. The molecule has 2 amide bonds. The van der Waals surface area contributed by atoms with E-state index in [1.807, 2.05) is 6.07 Å². The number of benzene rings is 1. The SMILES string of the molecule is CCOC(=O)c1cc(C)nn1-c1ncc(F)c2c(C(=O)C(=O)N3CCN(C(=O)c4ccccc4)CC3)c[nH]c12. The summed E-state index contributed by atoms with van der Waals surface area (Å²) in [5, 5.41) is 4.15. The Morgan fingerprint density at radius 2 is 1.74 bits per heavy atom. The summed E-state index contributed by atoms with van der Waals surface area (Å²) < 4.78 is 21.3. The van der Waals surface area contributed by atoms with Gasteiger partial charge in [-0.25, -0.2) is 18.9 Å². The number of aromatic amines is 1. The van der Waals surface area contributed by atoms with Crippen molar-refractivity contribution in [2.24, 2.45) is 0 Å². The monoisotopic (exact) mass is 532 g/mol. The molecule has 200 valence electrons. The number of carbonyl (C=O) groups excluding carboxylic acids is 4. The lowest BCUT2D eigenvalue weighted by atomic mass is 10.1. The fourth-order valence-corrected chi connectivity index (χ4v) is 4.58. The molecule has 0 unspecified atom stereocenters. The minimum absolute atomic E-state index is 0.0714. The Balaban J connectivity index is 1.39. The molecular formula is C27H25FN6O5. The van der Waals surface area contributed by atoms with E-state index >= 15 is 4.39 Å². The number of nitrogens with zero attached hydrogens (tertiary/aromatic N) is 5. The number of ether oxygens (including phenoxy) is 1. The Hall–Kier alpha value is -4.87. The molecule has 11 nitrogen and oxygen atoms in total. The number of amides is 2. The molecule has 3 aromatic heterocycles. The molecular weight excluding hydrogens is 507 g/mol. The first kappa shape index (κ1) is 25.8. The number of H-pyrrole nitrogens is 1. The maximum atomic E-state index is 15.0. The number of fused-ring (bicyclic) bond motifs is 1. The van der Waals surface area contributed by atoms with Crippen LogP contribution in [0.25, 0.3) is 16.7 Å². The number of Topliss-reactive ketones (excluding diaryl/α,β-unsaturated/α-hetero) is 1. The Morgan fingerprint density at radius 1 is 1.05 bits per heavy atom. The highest BCUT2D eigenvalue weighted by molar-refractivity contribution is 6.45. The van der Waals surface area contributed by atoms with Gasteiger partial charge >= 0.3 is 5.97 Å². The summed E-state index contributed by atoms with van der Waals surface area (Å²) in [6, 6.07) is 10.3. The minimum atomic E-state index is -0.901. The fraction of sp³-hybridized carbons (Fsp3) is 0.259. The molecule has 0 saturated carbocycles. The number of aromatic nitrogens is 4. The third kappa shape index (κ3) is 4.76. The molecule has 39 heavy (non-hydrogen) atoms. The van der Waals surface area contributed by atoms with Gasteiger partial charge in [0.1, 0.15) is 0 Å². The standard InChI is InChI=1S/C27H25FN6O5/c1-3-39-27(38)20-13-16(2)31-34(20)24-22-21(19(28)15-30-24)18(14-29-22)23(35)26(37)33-11-9-32(10-12-33)25(36)17-7-5-4-6-8-17/h4-8,13-15,29H,3,9-12H2,1-2H3. The third-order valence-corrected chi connectivity index (χ3v) is 6.47. The predicted molar refractivity (Wildman–Crippen MR) is 137 cm³/mol. The number of hydrogen-bond acceptors (Lipinski definition) is 7. The molecule has 0 aliphatic carbocycles. The maximum absolute atomic E-state index is 15.0. The van der Waals surface area contributed by atoms with E-state index in [2.05, 4.69) is 15.1 Å². The number of hydrogen-bond donors (Lipinski definition) is 1. The van der Waals surface area contributed by atoms with Crippen molar-refractivity contribution in [1.29, 1.82) is 0 Å². The molecule has 0 radical (unpaired) electrons. The molecule has 0 atom stereocenters. The zero-order valence-corrected chi connectivity index (χ0v) is 21.3. The number of carbonyl (C=O) groups is 4. The van der Waals surface area contributed by atoms with Crippen molar-refractivity contribution in [2.45, 2.75) is 13.8 Å². The van der Waals surface area contributed by atoms with Gasteiger partial charge in [0.05, 0.1) is 35.0 Å². The molecule has 12 heteroatoms. The van der Waals surface area contributed by atoms with E-state index in [1.165, 1.54) is 21.8 Å². The van der Waals surface area contributed by atoms with E-state index in [-0.39, 0.29) is 66.7 Å². The largest absolute Gasteiger partial charge is 0.461 e. The second-order valence-corrected chi connectivity index (χ2v) is 8.96. The van der Waals surface area contributed by atoms with Crippen molar-refractivity contribution >= 4 is 34.5 Å². The van der Waals surface area contributed by atoms with Crippen LogP contribution in [0.4, 0.5) is 4.39 Å². The van der Waals surface area contributed by atoms with Gasteiger partial charge in [-0.05, 0) is 32.0 Å². The average Bonchev–Trinajstić information content (AvgIpc) is 3.58. The summed E-state index contributed by atoms with van der Waals surface area (Å²) in [5.41, 5.74) is 1.06. The molecule has 1 aliphatic heterocycles. The fourth-order valence-electron chi connectivity index (χ4n) is 4.58. The number of ketones is 1. The number of halogens is 1. The van der Waals surface area contributed by atoms with E-state index < -0.39 is 23.5 Å². The smallest absolute Gasteiger partial charge is 0.357 e. The van der Waals surface area contributed by atoms with Crippen molar-refractivity contribution in [1.82, 2.24) is 29.5 Å². The van der Waals surface area contributed by atoms with E-state index in [0.29, 0.717) is 11.3 Å². The third-order valence-electron chi connectivity index (χ3n) is 6.47. The Kier molecular flexibility index (Phi) is 6.92. The van der Waals surface area contributed by atoms with E-state index in [4.69, 9.17) is 4.74 Å². The molecule has 4 heterocycles. The molecule has 1 aromatic carbocycles. The topological polar surface area (TPSA) is 130 Å². The first-order chi connectivity index (χ1) is 18.8. The van der Waals surface area contributed by atoms with Gasteiger partial charge in [-0.1, -0.05) is 18.2 Å². The van der Waals surface area contributed by atoms with Crippen LogP contribution in [0.3, 0.4) is 0 Å². The summed E-state index contributed by atoms with van der Waals surface area (Å²) in [4.78, 5) is 61.4. The van der Waals surface area contributed by atoms with Crippen LogP contribution in [0.1, 0.15) is 43.8 Å². The number of rotatable bonds is 6. The van der Waals surface area contributed by atoms with Gasteiger partial charge in [0.2, 0.25) is 0 Å². The second-order valence-electron chi connectivity index (χ2n) is 8.96. The number of pyridine rings is 1. The van der Waals surface area contributed by atoms with Crippen molar-refractivity contribution < 1.29 is 28.3 Å². The summed E-state index contributed by atoms with van der Waals surface area (Å²) >= 11 is 0. The Labute approximate surface area is 222 Å². The Bertz CT molecular complexity index is 1590. The van der Waals surface area contributed by atoms with Crippen molar-refractivity contribution in [3.63, 3.8) is 0 Å². The van der Waals surface area contributed by atoms with Gasteiger partial charge in [0.15, 0.2) is 17.3 Å². The molecule has 1 N–H and O–H groups in total. The lowest BCUT2D eigenvalue weighted by Gasteiger charge is -2.34. The normalized spacial score (nSPS) is 13.5. The van der Waals surface area contributed by atoms with Gasteiger partial charge in [0, 0.05) is 37.9 Å². The quantitative estimate of drug-likeness (QED) is 0.229. The Morgan fingerprint density at radius 3 is 2.44 bits per heavy atom. The molecule has 1 fully saturated rings. The lowest BCUT2D eigenvalue weighted by molar-refractivity contribution is -0.127. The number of piperazine rings is 1. The van der Waals surface area contributed by atoms with Crippen LogP contribution < -0.4 is 0 Å². The van der Waals surface area contributed by atoms with Crippen LogP contribution in [-0.4, -0.2) is 85.9 Å². The minimum Gasteiger partial charge on any atom is -0.461 e. The molecule has 1 aliphatic rings. The first-order valence-corrected chi connectivity index (χ1v) is 12.4. The molecule has 4 aromatic rings. The summed E-state index contributed by atoms with van der Waals surface area (Å²) in [6.45, 7) is 4.34. The van der Waals surface area contributed by atoms with Crippen molar-refractivity contribution in [3.8, 4) is 5.82 Å². The lowest BCUT2D eigenvalue weighted by Crippen LogP contribution is -2.52. The van der Waals surface area contributed by atoms with Crippen LogP contribution in [-0.2, 0) is 9.53 Å². The molecule has 1 saturated heterocycles. The summed E-state index contributed by atoms with van der Waals surface area (Å²) in [5.74, 6) is -3.23. The highest BCUT2D eigenvalue weighted by Gasteiger charge is 2.31. The van der Waals surface area contributed by atoms with Crippen LogP contribution >= 0.6 is 0 Å². The number of nitrogens with one attached hydrogen (secondary N) is 1. The highest BCUT2D eigenvalue weighted by Crippen LogP contribution is 2.27. The average molecular weight is 533 g/mol. The highest BCUT2D eigenvalue weighted by atomic mass is 19.1. The molecule has 0 bridgehead atoms. The first-order valence-electron chi connectivity index (χ1n) is 12.4. The van der Waals surface area contributed by atoms with Crippen molar-refractivity contribution in [2.75, 3.05) is 32.8 Å². The van der Waals surface area contributed by atoms with Crippen LogP contribution in [0.5, 0.6) is 0 Å². The van der Waals surface area contributed by atoms with Crippen LogP contribution in [0, 0.1) is 12.7 Å². The zero-order valence-electron chi connectivity index (χ0n) is 21.3. The summed E-state index contributed by atoms with van der Waals surface area (Å²) in [7, 11) is 0. The van der Waals surface area contributed by atoms with Crippen molar-refractivity contribution in [3.05, 3.63) is 77.1 Å². The van der Waals surface area contributed by atoms with Gasteiger partial charge in [-0.15, -0.1) is 0 Å². The van der Waals surface area contributed by atoms with E-state index in [0.717, 1.165) is 6.20 Å². The zero-order chi connectivity index (χ0) is 27.7. The van der Waals surface area contributed by atoms with Crippen LogP contribution in [0.2, 0.25) is 0 Å². The van der Waals surface area contributed by atoms with Gasteiger partial charge in [-0.2, -0.15) is 5.10 Å². The summed E-state index contributed by atoms with van der Waals surface area (Å²) in [6.07, 6.45) is 2.15. The van der Waals surface area contributed by atoms with Gasteiger partial charge < -0.3 is 19.5 Å².